The number of nitrogens with zero attached hydrogens (tertiary/aromatic N) is 3. The predicted molar refractivity (Wildman–Crippen MR) is 71.5 cm³/mol. The van der Waals surface area contributed by atoms with Crippen LogP contribution in [0.15, 0.2) is 16.2 Å². The fourth-order valence-electron chi connectivity index (χ4n) is 1.89. The number of aromatic nitrogens is 3. The average Bonchev–Trinajstić information content (AvgIpc) is 2.98. The highest BCUT2D eigenvalue weighted by molar-refractivity contribution is 7.13. The Bertz CT molecular complexity index is 448. The number of likely N-dealkylation sites (N-methyl/N-ethyl adjacent to an activating group) is 1. The van der Waals surface area contributed by atoms with Gasteiger partial charge in [0.2, 0.25) is 11.7 Å². The van der Waals surface area contributed by atoms with Gasteiger partial charge >= 0.3 is 0 Å². The van der Waals surface area contributed by atoms with Gasteiger partial charge < -0.3 is 9.84 Å². The molecule has 0 aliphatic heterocycles. The number of rotatable bonds is 7. The second kappa shape index (κ2) is 6.61. The van der Waals surface area contributed by atoms with Crippen LogP contribution in [0.3, 0.4) is 0 Å². The van der Waals surface area contributed by atoms with E-state index in [1.807, 2.05) is 0 Å². The highest BCUT2D eigenvalue weighted by Gasteiger charge is 2.14. The van der Waals surface area contributed by atoms with Crippen LogP contribution in [-0.4, -0.2) is 27.7 Å². The number of thiazole rings is 1. The van der Waals surface area contributed by atoms with Crippen molar-refractivity contribution in [3.63, 3.8) is 0 Å². The van der Waals surface area contributed by atoms with Crippen LogP contribution in [0.4, 0.5) is 0 Å². The second-order valence-corrected chi connectivity index (χ2v) is 5.01. The Morgan fingerprint density at radius 2 is 2.33 bits per heavy atom. The first-order valence-electron chi connectivity index (χ1n) is 6.28. The molecule has 0 fully saturated rings. The lowest BCUT2D eigenvalue weighted by atomic mass is 10.1. The summed E-state index contributed by atoms with van der Waals surface area (Å²) in [6, 6.07) is 0.412. The Kier molecular flexibility index (Phi) is 4.83. The average molecular weight is 266 g/mol. The normalized spacial score (nSPS) is 12.8. The molecule has 0 aliphatic carbocycles. The van der Waals surface area contributed by atoms with Gasteiger partial charge in [0.15, 0.2) is 0 Å². The monoisotopic (exact) mass is 266 g/mol. The van der Waals surface area contributed by atoms with Crippen molar-refractivity contribution in [1.82, 2.24) is 20.4 Å². The molecule has 2 aromatic rings. The maximum absolute atomic E-state index is 5.29. The van der Waals surface area contributed by atoms with Crippen LogP contribution in [-0.2, 0) is 6.42 Å². The van der Waals surface area contributed by atoms with Crippen LogP contribution < -0.4 is 5.32 Å². The predicted octanol–water partition coefficient (Wildman–Crippen LogP) is 2.51. The van der Waals surface area contributed by atoms with E-state index in [4.69, 9.17) is 4.52 Å². The Labute approximate surface area is 111 Å². The molecule has 1 atom stereocenters. The maximum atomic E-state index is 5.29. The van der Waals surface area contributed by atoms with Crippen molar-refractivity contribution in [2.24, 2.45) is 0 Å². The number of hydrogen-bond acceptors (Lipinski definition) is 6. The van der Waals surface area contributed by atoms with E-state index in [9.17, 15) is 0 Å². The molecule has 2 heterocycles. The number of hydrogen-bond donors (Lipinski definition) is 1. The molecule has 0 spiro atoms. The first kappa shape index (κ1) is 13.2. The van der Waals surface area contributed by atoms with Gasteiger partial charge in [-0.1, -0.05) is 25.4 Å². The van der Waals surface area contributed by atoms with E-state index >= 15 is 0 Å². The van der Waals surface area contributed by atoms with E-state index in [-0.39, 0.29) is 0 Å². The first-order valence-corrected chi connectivity index (χ1v) is 7.16. The van der Waals surface area contributed by atoms with Crippen molar-refractivity contribution in [3.05, 3.63) is 17.6 Å². The van der Waals surface area contributed by atoms with Crippen LogP contribution in [0.5, 0.6) is 0 Å². The Morgan fingerprint density at radius 1 is 1.44 bits per heavy atom. The topological polar surface area (TPSA) is 63.8 Å². The van der Waals surface area contributed by atoms with Crippen molar-refractivity contribution in [2.45, 2.75) is 39.2 Å². The van der Waals surface area contributed by atoms with Gasteiger partial charge in [-0.05, 0) is 13.0 Å². The summed E-state index contributed by atoms with van der Waals surface area (Å²) in [5.74, 6) is 1.33. The molecule has 0 amide bonds. The molecule has 1 unspecified atom stereocenters. The van der Waals surface area contributed by atoms with E-state index in [0.717, 1.165) is 30.7 Å². The first-order chi connectivity index (χ1) is 8.83. The van der Waals surface area contributed by atoms with Crippen molar-refractivity contribution in [2.75, 3.05) is 6.54 Å². The molecule has 0 aromatic carbocycles. The van der Waals surface area contributed by atoms with E-state index < -0.39 is 0 Å². The summed E-state index contributed by atoms with van der Waals surface area (Å²) in [5, 5.41) is 7.43. The lowest BCUT2D eigenvalue weighted by Gasteiger charge is -2.14. The molecule has 6 heteroatoms. The van der Waals surface area contributed by atoms with Gasteiger partial charge in [-0.15, -0.1) is 11.3 Å². The molecular weight excluding hydrogens is 248 g/mol. The minimum absolute atomic E-state index is 0.412. The fourth-order valence-corrected chi connectivity index (χ4v) is 2.43. The van der Waals surface area contributed by atoms with E-state index in [2.05, 4.69) is 34.3 Å². The fraction of sp³-hybridized carbons (Fsp3) is 0.583. The molecule has 5 nitrogen and oxygen atoms in total. The summed E-state index contributed by atoms with van der Waals surface area (Å²) >= 11 is 1.52. The quantitative estimate of drug-likeness (QED) is 0.834. The van der Waals surface area contributed by atoms with Crippen LogP contribution in [0, 0.1) is 0 Å². The maximum Gasteiger partial charge on any atom is 0.228 e. The molecule has 2 rings (SSSR count). The lowest BCUT2D eigenvalue weighted by Crippen LogP contribution is -2.30. The zero-order valence-corrected chi connectivity index (χ0v) is 11.5. The highest BCUT2D eigenvalue weighted by atomic mass is 32.1. The zero-order valence-electron chi connectivity index (χ0n) is 10.7. The summed E-state index contributed by atoms with van der Waals surface area (Å²) in [5.41, 5.74) is 1.77. The second-order valence-electron chi connectivity index (χ2n) is 4.12. The largest absolute Gasteiger partial charge is 0.339 e. The Balaban J connectivity index is 2.01. The highest BCUT2D eigenvalue weighted by Crippen LogP contribution is 2.20. The van der Waals surface area contributed by atoms with Gasteiger partial charge in [0.25, 0.3) is 0 Å². The summed E-state index contributed by atoms with van der Waals surface area (Å²) in [4.78, 5) is 9.37. The Morgan fingerprint density at radius 3 is 3.00 bits per heavy atom. The van der Waals surface area contributed by atoms with Crippen LogP contribution in [0.2, 0.25) is 0 Å². The standard InChI is InChI=1S/C12H18N4OS/c1-3-5-9(14-4-2)6-11-15-12(16-17-11)10-7-13-8-18-10/h7-9,14H,3-6H2,1-2H3. The molecule has 98 valence electrons. The van der Waals surface area contributed by atoms with Crippen molar-refractivity contribution in [1.29, 1.82) is 0 Å². The lowest BCUT2D eigenvalue weighted by molar-refractivity contribution is 0.352. The van der Waals surface area contributed by atoms with Gasteiger partial charge in [-0.2, -0.15) is 4.98 Å². The van der Waals surface area contributed by atoms with Gasteiger partial charge in [0.1, 0.15) is 0 Å². The SMILES string of the molecule is CCCC(Cc1nc(-c2cncs2)no1)NCC. The molecule has 0 saturated carbocycles. The van der Waals surface area contributed by atoms with Gasteiger partial charge in [0, 0.05) is 18.7 Å². The number of nitrogens with one attached hydrogen (secondary N) is 1. The van der Waals surface area contributed by atoms with E-state index in [1.54, 1.807) is 11.7 Å². The molecule has 0 radical (unpaired) electrons. The van der Waals surface area contributed by atoms with Crippen LogP contribution in [0.1, 0.15) is 32.6 Å². The summed E-state index contributed by atoms with van der Waals surface area (Å²) in [7, 11) is 0. The van der Waals surface area contributed by atoms with Crippen LogP contribution >= 0.6 is 11.3 Å². The summed E-state index contributed by atoms with van der Waals surface area (Å²) in [6.45, 7) is 5.25. The van der Waals surface area contributed by atoms with Gasteiger partial charge in [-0.3, -0.25) is 4.98 Å². The minimum atomic E-state index is 0.412. The molecule has 18 heavy (non-hydrogen) atoms. The summed E-state index contributed by atoms with van der Waals surface area (Å²) < 4.78 is 5.29. The van der Waals surface area contributed by atoms with Gasteiger partial charge in [0.05, 0.1) is 10.4 Å². The minimum Gasteiger partial charge on any atom is -0.339 e. The van der Waals surface area contributed by atoms with Crippen molar-refractivity contribution >= 4 is 11.3 Å². The molecule has 0 saturated heterocycles. The van der Waals surface area contributed by atoms with Crippen molar-refractivity contribution < 1.29 is 4.52 Å². The molecule has 2 aromatic heterocycles. The molecule has 0 bridgehead atoms. The van der Waals surface area contributed by atoms with E-state index in [0.29, 0.717) is 17.8 Å². The third kappa shape index (κ3) is 3.36. The van der Waals surface area contributed by atoms with E-state index in [1.165, 1.54) is 11.3 Å². The van der Waals surface area contributed by atoms with Gasteiger partial charge in [-0.25, -0.2) is 0 Å². The molecule has 0 aliphatic rings. The summed E-state index contributed by atoms with van der Waals surface area (Å²) in [6.07, 6.45) is 4.81. The molecule has 1 N–H and O–H groups in total. The molecular formula is C12H18N4OS. The Hall–Kier alpha value is -1.27. The third-order valence-electron chi connectivity index (χ3n) is 2.67. The van der Waals surface area contributed by atoms with Crippen molar-refractivity contribution in [3.8, 4) is 10.7 Å². The van der Waals surface area contributed by atoms with Crippen LogP contribution in [0.25, 0.3) is 10.7 Å². The zero-order chi connectivity index (χ0) is 12.8. The third-order valence-corrected chi connectivity index (χ3v) is 3.44. The smallest absolute Gasteiger partial charge is 0.228 e.